The van der Waals surface area contributed by atoms with Crippen molar-refractivity contribution in [3.63, 3.8) is 0 Å². The maximum Gasteiger partial charge on any atom is 0.121 e. The standard InChI is InChI=1S/C13H19NO/c1-8-7-11(12-5-4-6-14-12)9(2)10(3)13(8)15/h7,12,14-15H,4-6H2,1-3H3. The normalized spacial score (nSPS) is 20.9. The Morgan fingerprint density at radius 3 is 2.60 bits per heavy atom. The number of phenols is 1. The summed E-state index contributed by atoms with van der Waals surface area (Å²) < 4.78 is 0. The Bertz CT molecular complexity index is 379. The molecule has 0 saturated carbocycles. The second kappa shape index (κ2) is 3.86. The van der Waals surface area contributed by atoms with Gasteiger partial charge >= 0.3 is 0 Å². The molecule has 82 valence electrons. The summed E-state index contributed by atoms with van der Waals surface area (Å²) in [5.41, 5.74) is 4.61. The van der Waals surface area contributed by atoms with Gasteiger partial charge in [-0.3, -0.25) is 0 Å². The Labute approximate surface area is 91.3 Å². The van der Waals surface area contributed by atoms with Gasteiger partial charge in [0.05, 0.1) is 0 Å². The minimum Gasteiger partial charge on any atom is -0.507 e. The molecule has 15 heavy (non-hydrogen) atoms. The van der Waals surface area contributed by atoms with Gasteiger partial charge in [-0.1, -0.05) is 6.07 Å². The van der Waals surface area contributed by atoms with E-state index in [4.69, 9.17) is 0 Å². The Morgan fingerprint density at radius 1 is 1.27 bits per heavy atom. The molecule has 0 aliphatic carbocycles. The summed E-state index contributed by atoms with van der Waals surface area (Å²) >= 11 is 0. The molecule has 0 aromatic heterocycles. The number of hydrogen-bond acceptors (Lipinski definition) is 2. The molecular weight excluding hydrogens is 186 g/mol. The van der Waals surface area contributed by atoms with Crippen molar-refractivity contribution >= 4 is 0 Å². The van der Waals surface area contributed by atoms with E-state index in [1.165, 1.54) is 24.0 Å². The summed E-state index contributed by atoms with van der Waals surface area (Å²) in [6, 6.07) is 2.61. The maximum atomic E-state index is 9.83. The van der Waals surface area contributed by atoms with Crippen molar-refractivity contribution < 1.29 is 5.11 Å². The van der Waals surface area contributed by atoms with Crippen molar-refractivity contribution in [1.82, 2.24) is 5.32 Å². The van der Waals surface area contributed by atoms with E-state index in [9.17, 15) is 5.11 Å². The van der Waals surface area contributed by atoms with Crippen molar-refractivity contribution in [2.24, 2.45) is 0 Å². The second-order valence-corrected chi connectivity index (χ2v) is 4.53. The summed E-state index contributed by atoms with van der Waals surface area (Å²) in [5.74, 6) is 0.453. The molecule has 2 N–H and O–H groups in total. The summed E-state index contributed by atoms with van der Waals surface area (Å²) in [5, 5.41) is 13.3. The Balaban J connectivity index is 2.47. The number of rotatable bonds is 1. The molecule has 1 aliphatic heterocycles. The molecule has 1 unspecified atom stereocenters. The molecule has 0 bridgehead atoms. The highest BCUT2D eigenvalue weighted by atomic mass is 16.3. The van der Waals surface area contributed by atoms with Crippen molar-refractivity contribution in [2.75, 3.05) is 6.54 Å². The fourth-order valence-corrected chi connectivity index (χ4v) is 2.41. The third-order valence-corrected chi connectivity index (χ3v) is 3.53. The molecule has 1 fully saturated rings. The number of nitrogens with one attached hydrogen (secondary N) is 1. The van der Waals surface area contributed by atoms with Gasteiger partial charge in [0.15, 0.2) is 0 Å². The first-order valence-corrected chi connectivity index (χ1v) is 5.64. The second-order valence-electron chi connectivity index (χ2n) is 4.53. The zero-order chi connectivity index (χ0) is 11.0. The van der Waals surface area contributed by atoms with Crippen LogP contribution >= 0.6 is 0 Å². The van der Waals surface area contributed by atoms with E-state index in [0.29, 0.717) is 11.8 Å². The van der Waals surface area contributed by atoms with Crippen LogP contribution < -0.4 is 5.32 Å². The number of hydrogen-bond donors (Lipinski definition) is 2. The number of phenolic OH excluding ortho intramolecular Hbond substituents is 1. The third kappa shape index (κ3) is 1.74. The van der Waals surface area contributed by atoms with Crippen molar-refractivity contribution in [3.05, 3.63) is 28.3 Å². The molecule has 0 radical (unpaired) electrons. The topological polar surface area (TPSA) is 32.3 Å². The van der Waals surface area contributed by atoms with Crippen molar-refractivity contribution in [3.8, 4) is 5.75 Å². The largest absolute Gasteiger partial charge is 0.507 e. The number of benzene rings is 1. The lowest BCUT2D eigenvalue weighted by atomic mass is 9.93. The molecule has 2 rings (SSSR count). The van der Waals surface area contributed by atoms with Gasteiger partial charge in [-0.05, 0) is 62.4 Å². The average Bonchev–Trinajstić information content (AvgIpc) is 2.73. The highest BCUT2D eigenvalue weighted by Gasteiger charge is 2.20. The SMILES string of the molecule is Cc1cc(C2CCCN2)c(C)c(C)c1O. The third-order valence-electron chi connectivity index (χ3n) is 3.53. The average molecular weight is 205 g/mol. The fourth-order valence-electron chi connectivity index (χ4n) is 2.41. The fraction of sp³-hybridized carbons (Fsp3) is 0.538. The van der Waals surface area contributed by atoms with Crippen LogP contribution in [0, 0.1) is 20.8 Å². The molecule has 2 heteroatoms. The minimum atomic E-state index is 0.453. The van der Waals surface area contributed by atoms with E-state index in [2.05, 4.69) is 18.3 Å². The Hall–Kier alpha value is -1.02. The van der Waals surface area contributed by atoms with Crippen LogP contribution in [0.5, 0.6) is 5.75 Å². The summed E-state index contributed by atoms with van der Waals surface area (Å²) in [4.78, 5) is 0. The summed E-state index contributed by atoms with van der Waals surface area (Å²) in [7, 11) is 0. The molecule has 0 spiro atoms. The minimum absolute atomic E-state index is 0.453. The van der Waals surface area contributed by atoms with Crippen molar-refractivity contribution in [1.29, 1.82) is 0 Å². The van der Waals surface area contributed by atoms with Crippen LogP contribution in [-0.2, 0) is 0 Å². The van der Waals surface area contributed by atoms with Gasteiger partial charge in [-0.25, -0.2) is 0 Å². The molecule has 1 aliphatic rings. The lowest BCUT2D eigenvalue weighted by molar-refractivity contribution is 0.465. The van der Waals surface area contributed by atoms with Gasteiger partial charge < -0.3 is 10.4 Å². The highest BCUT2D eigenvalue weighted by Crippen LogP contribution is 2.33. The monoisotopic (exact) mass is 205 g/mol. The Kier molecular flexibility index (Phi) is 2.70. The molecule has 1 atom stereocenters. The molecule has 1 saturated heterocycles. The van der Waals surface area contributed by atoms with Crippen LogP contribution in [0.15, 0.2) is 6.07 Å². The Morgan fingerprint density at radius 2 is 2.00 bits per heavy atom. The zero-order valence-electron chi connectivity index (χ0n) is 9.72. The molecule has 1 aromatic rings. The van der Waals surface area contributed by atoms with Gasteiger partial charge in [0.2, 0.25) is 0 Å². The predicted octanol–water partition coefficient (Wildman–Crippen LogP) is 2.74. The van der Waals surface area contributed by atoms with Gasteiger partial charge in [0, 0.05) is 6.04 Å². The van der Waals surface area contributed by atoms with E-state index >= 15 is 0 Å². The van der Waals surface area contributed by atoms with E-state index in [-0.39, 0.29) is 0 Å². The maximum absolute atomic E-state index is 9.83. The van der Waals surface area contributed by atoms with E-state index in [0.717, 1.165) is 17.7 Å². The van der Waals surface area contributed by atoms with Crippen LogP contribution in [0.3, 0.4) is 0 Å². The smallest absolute Gasteiger partial charge is 0.121 e. The van der Waals surface area contributed by atoms with E-state index in [1.807, 2.05) is 13.8 Å². The van der Waals surface area contributed by atoms with E-state index < -0.39 is 0 Å². The van der Waals surface area contributed by atoms with Crippen LogP contribution in [0.2, 0.25) is 0 Å². The van der Waals surface area contributed by atoms with Gasteiger partial charge in [-0.15, -0.1) is 0 Å². The first kappa shape index (κ1) is 10.5. The molecule has 0 amide bonds. The van der Waals surface area contributed by atoms with Crippen LogP contribution in [0.4, 0.5) is 0 Å². The first-order chi connectivity index (χ1) is 7.11. The first-order valence-electron chi connectivity index (χ1n) is 5.64. The van der Waals surface area contributed by atoms with Crippen LogP contribution in [0.1, 0.15) is 41.1 Å². The van der Waals surface area contributed by atoms with Gasteiger partial charge in [0.25, 0.3) is 0 Å². The lowest BCUT2D eigenvalue weighted by Crippen LogP contribution is -2.14. The molecule has 2 nitrogen and oxygen atoms in total. The number of aryl methyl sites for hydroxylation is 1. The zero-order valence-corrected chi connectivity index (χ0v) is 9.72. The summed E-state index contributed by atoms with van der Waals surface area (Å²) in [6.07, 6.45) is 2.47. The molecule has 1 aromatic carbocycles. The van der Waals surface area contributed by atoms with E-state index in [1.54, 1.807) is 0 Å². The lowest BCUT2D eigenvalue weighted by Gasteiger charge is -2.18. The van der Waals surface area contributed by atoms with Crippen LogP contribution in [-0.4, -0.2) is 11.7 Å². The predicted molar refractivity (Wildman–Crippen MR) is 62.3 cm³/mol. The molecule has 1 heterocycles. The quantitative estimate of drug-likeness (QED) is 0.739. The van der Waals surface area contributed by atoms with Gasteiger partial charge in [0.1, 0.15) is 5.75 Å². The molecular formula is C13H19NO. The van der Waals surface area contributed by atoms with Crippen LogP contribution in [0.25, 0.3) is 0 Å². The van der Waals surface area contributed by atoms with Gasteiger partial charge in [-0.2, -0.15) is 0 Å². The van der Waals surface area contributed by atoms with Crippen molar-refractivity contribution in [2.45, 2.75) is 39.7 Å². The summed E-state index contributed by atoms with van der Waals surface area (Å²) in [6.45, 7) is 7.18. The highest BCUT2D eigenvalue weighted by molar-refractivity contribution is 5.49. The number of aromatic hydroxyl groups is 1.